The van der Waals surface area contributed by atoms with Crippen molar-refractivity contribution < 1.29 is 14.1 Å². The first kappa shape index (κ1) is 15.9. The van der Waals surface area contributed by atoms with Gasteiger partial charge in [-0.05, 0) is 38.5 Å². The van der Waals surface area contributed by atoms with Crippen LogP contribution in [0.1, 0.15) is 29.9 Å². The minimum absolute atomic E-state index is 0.0913. The molecule has 7 heteroatoms. The molecule has 0 amide bonds. The summed E-state index contributed by atoms with van der Waals surface area (Å²) in [4.78, 5) is 22.6. The zero-order valence-corrected chi connectivity index (χ0v) is 13.8. The molecule has 1 aromatic carbocycles. The highest BCUT2D eigenvalue weighted by molar-refractivity contribution is 6.05. The minimum atomic E-state index is -0.549. The van der Waals surface area contributed by atoms with Crippen LogP contribution in [-0.2, 0) is 4.74 Å². The van der Waals surface area contributed by atoms with E-state index in [0.29, 0.717) is 17.7 Å². The summed E-state index contributed by atoms with van der Waals surface area (Å²) in [6, 6.07) is 8.04. The van der Waals surface area contributed by atoms with Gasteiger partial charge in [-0.1, -0.05) is 17.3 Å². The summed E-state index contributed by atoms with van der Waals surface area (Å²) in [7, 11) is 0. The molecule has 0 aliphatic rings. The van der Waals surface area contributed by atoms with E-state index in [1.54, 1.807) is 6.92 Å². The lowest BCUT2D eigenvalue weighted by atomic mass is 10.2. The van der Waals surface area contributed by atoms with Gasteiger partial charge in [0, 0.05) is 12.2 Å². The van der Waals surface area contributed by atoms with Gasteiger partial charge in [0.2, 0.25) is 5.69 Å². The smallest absolute Gasteiger partial charge is 0.361 e. The van der Waals surface area contributed by atoms with E-state index in [0.717, 1.165) is 11.3 Å². The number of nitrogens with zero attached hydrogens (tertiary/aromatic N) is 4. The Bertz CT molecular complexity index is 875. The van der Waals surface area contributed by atoms with Gasteiger partial charge in [0.1, 0.15) is 17.5 Å². The second-order valence-electron chi connectivity index (χ2n) is 5.21. The molecule has 3 aromatic rings. The van der Waals surface area contributed by atoms with E-state index in [1.807, 2.05) is 36.9 Å². The van der Waals surface area contributed by atoms with Crippen LogP contribution in [0.4, 0.5) is 11.5 Å². The van der Waals surface area contributed by atoms with Gasteiger partial charge in [0.05, 0.1) is 6.61 Å². The fourth-order valence-corrected chi connectivity index (χ4v) is 2.57. The zero-order valence-electron chi connectivity index (χ0n) is 13.8. The molecular formula is C17H18N4O3. The van der Waals surface area contributed by atoms with Crippen LogP contribution >= 0.6 is 0 Å². The summed E-state index contributed by atoms with van der Waals surface area (Å²) in [5.41, 5.74) is 2.45. The van der Waals surface area contributed by atoms with Gasteiger partial charge in [-0.3, -0.25) is 0 Å². The highest BCUT2D eigenvalue weighted by atomic mass is 16.5. The van der Waals surface area contributed by atoms with E-state index in [4.69, 9.17) is 9.26 Å². The quantitative estimate of drug-likeness (QED) is 0.666. The minimum Gasteiger partial charge on any atom is -0.461 e. The summed E-state index contributed by atoms with van der Waals surface area (Å²) in [6.07, 6.45) is 1.40. The van der Waals surface area contributed by atoms with E-state index in [-0.39, 0.29) is 18.0 Å². The highest BCUT2D eigenvalue weighted by Crippen LogP contribution is 2.32. The maximum Gasteiger partial charge on any atom is 0.361 e. The molecular weight excluding hydrogens is 308 g/mol. The largest absolute Gasteiger partial charge is 0.461 e. The molecule has 0 N–H and O–H groups in total. The van der Waals surface area contributed by atoms with Crippen LogP contribution < -0.4 is 4.90 Å². The molecule has 0 atom stereocenters. The molecule has 124 valence electrons. The Kier molecular flexibility index (Phi) is 4.41. The standard InChI is InChI=1S/C17H18N4O3/c1-4-21(12-8-6-7-11(3)9-12)15-13-14(17(22)23-5-2)20-24-16(13)19-10-18-15/h6-10H,4-5H2,1-3H3. The van der Waals surface area contributed by atoms with Gasteiger partial charge in [-0.25, -0.2) is 9.78 Å². The van der Waals surface area contributed by atoms with Crippen molar-refractivity contribution in [1.29, 1.82) is 0 Å². The molecule has 2 aromatic heterocycles. The summed E-state index contributed by atoms with van der Waals surface area (Å²) in [5, 5.41) is 4.28. The van der Waals surface area contributed by atoms with Crippen LogP contribution in [-0.4, -0.2) is 34.2 Å². The third-order valence-electron chi connectivity index (χ3n) is 3.61. The van der Waals surface area contributed by atoms with Gasteiger partial charge in [0.15, 0.2) is 0 Å². The number of carbonyl (C=O) groups excluding carboxylic acids is 1. The average molecular weight is 326 g/mol. The molecule has 0 bridgehead atoms. The van der Waals surface area contributed by atoms with Crippen LogP contribution in [0.2, 0.25) is 0 Å². The molecule has 3 rings (SSSR count). The van der Waals surface area contributed by atoms with Crippen molar-refractivity contribution in [1.82, 2.24) is 15.1 Å². The SMILES string of the molecule is CCOC(=O)c1noc2ncnc(N(CC)c3cccc(C)c3)c12. The Labute approximate surface area is 139 Å². The lowest BCUT2D eigenvalue weighted by Crippen LogP contribution is -2.18. The van der Waals surface area contributed by atoms with Gasteiger partial charge >= 0.3 is 5.97 Å². The Morgan fingerprint density at radius 1 is 1.29 bits per heavy atom. The summed E-state index contributed by atoms with van der Waals surface area (Å²) in [5.74, 6) is 0.0185. The molecule has 0 radical (unpaired) electrons. The summed E-state index contributed by atoms with van der Waals surface area (Å²) >= 11 is 0. The summed E-state index contributed by atoms with van der Waals surface area (Å²) < 4.78 is 10.2. The third-order valence-corrected chi connectivity index (χ3v) is 3.61. The number of benzene rings is 1. The predicted octanol–water partition coefficient (Wildman–Crippen LogP) is 3.26. The van der Waals surface area contributed by atoms with Crippen molar-refractivity contribution >= 4 is 28.6 Å². The molecule has 0 aliphatic heterocycles. The lowest BCUT2D eigenvalue weighted by molar-refractivity contribution is 0.0517. The average Bonchev–Trinajstić information content (AvgIpc) is 3.01. The second kappa shape index (κ2) is 6.66. The molecule has 24 heavy (non-hydrogen) atoms. The number of aromatic nitrogens is 3. The summed E-state index contributed by atoms with van der Waals surface area (Å²) in [6.45, 7) is 6.68. The van der Waals surface area contributed by atoms with Gasteiger partial charge in [-0.2, -0.15) is 4.98 Å². The molecule has 0 aliphatic carbocycles. The first-order chi connectivity index (χ1) is 11.7. The first-order valence-electron chi connectivity index (χ1n) is 7.77. The van der Waals surface area contributed by atoms with Crippen LogP contribution in [0.5, 0.6) is 0 Å². The first-order valence-corrected chi connectivity index (χ1v) is 7.77. The number of carbonyl (C=O) groups is 1. The Morgan fingerprint density at radius 2 is 2.12 bits per heavy atom. The highest BCUT2D eigenvalue weighted by Gasteiger charge is 2.25. The van der Waals surface area contributed by atoms with Crippen LogP contribution in [0.25, 0.3) is 11.1 Å². The number of anilines is 2. The maximum atomic E-state index is 12.2. The Hall–Kier alpha value is -2.96. The number of rotatable bonds is 5. The molecule has 2 heterocycles. The lowest BCUT2D eigenvalue weighted by Gasteiger charge is -2.22. The van der Waals surface area contributed by atoms with Crippen molar-refractivity contribution in [3.63, 3.8) is 0 Å². The maximum absolute atomic E-state index is 12.2. The van der Waals surface area contributed by atoms with E-state index in [2.05, 4.69) is 21.2 Å². The van der Waals surface area contributed by atoms with Crippen LogP contribution in [0.15, 0.2) is 35.1 Å². The number of fused-ring (bicyclic) bond motifs is 1. The molecule has 7 nitrogen and oxygen atoms in total. The number of ether oxygens (including phenoxy) is 1. The fraction of sp³-hybridized carbons (Fsp3) is 0.294. The van der Waals surface area contributed by atoms with E-state index in [9.17, 15) is 4.79 Å². The second-order valence-corrected chi connectivity index (χ2v) is 5.21. The molecule has 0 unspecified atom stereocenters. The molecule has 0 saturated carbocycles. The third kappa shape index (κ3) is 2.80. The number of hydrogen-bond donors (Lipinski definition) is 0. The van der Waals surface area contributed by atoms with E-state index in [1.165, 1.54) is 6.33 Å². The molecule has 0 saturated heterocycles. The Morgan fingerprint density at radius 3 is 2.83 bits per heavy atom. The number of hydrogen-bond acceptors (Lipinski definition) is 7. The van der Waals surface area contributed by atoms with Crippen molar-refractivity contribution in [2.45, 2.75) is 20.8 Å². The van der Waals surface area contributed by atoms with Crippen LogP contribution in [0.3, 0.4) is 0 Å². The number of aryl methyl sites for hydroxylation is 1. The fourth-order valence-electron chi connectivity index (χ4n) is 2.57. The predicted molar refractivity (Wildman–Crippen MR) is 89.4 cm³/mol. The van der Waals surface area contributed by atoms with Gasteiger partial charge < -0.3 is 14.2 Å². The molecule has 0 fully saturated rings. The van der Waals surface area contributed by atoms with Crippen molar-refractivity contribution in [3.8, 4) is 0 Å². The monoisotopic (exact) mass is 326 g/mol. The number of esters is 1. The van der Waals surface area contributed by atoms with E-state index >= 15 is 0 Å². The van der Waals surface area contributed by atoms with Crippen molar-refractivity contribution in [2.24, 2.45) is 0 Å². The van der Waals surface area contributed by atoms with Gasteiger partial charge in [0.25, 0.3) is 5.71 Å². The van der Waals surface area contributed by atoms with Crippen molar-refractivity contribution in [3.05, 3.63) is 41.9 Å². The van der Waals surface area contributed by atoms with Crippen LogP contribution in [0, 0.1) is 6.92 Å². The molecule has 0 spiro atoms. The Balaban J connectivity index is 2.17. The van der Waals surface area contributed by atoms with E-state index < -0.39 is 5.97 Å². The normalized spacial score (nSPS) is 10.8. The zero-order chi connectivity index (χ0) is 17.1. The van der Waals surface area contributed by atoms with Crippen molar-refractivity contribution in [2.75, 3.05) is 18.1 Å². The topological polar surface area (TPSA) is 81.3 Å². The van der Waals surface area contributed by atoms with Gasteiger partial charge in [-0.15, -0.1) is 0 Å².